The third-order valence-corrected chi connectivity index (χ3v) is 9.47. The smallest absolute Gasteiger partial charge is 0.307 e. The summed E-state index contributed by atoms with van der Waals surface area (Å²) in [5.41, 5.74) is 3.11. The number of benzene rings is 1. The highest BCUT2D eigenvalue weighted by molar-refractivity contribution is 14.1. The van der Waals surface area contributed by atoms with Crippen LogP contribution in [0.4, 0.5) is 13.2 Å². The van der Waals surface area contributed by atoms with Crippen LogP contribution in [-0.2, 0) is 0 Å². The molecule has 1 aromatic heterocycles. The van der Waals surface area contributed by atoms with Crippen LogP contribution in [0.25, 0.3) is 11.3 Å². The van der Waals surface area contributed by atoms with Gasteiger partial charge in [0.2, 0.25) is 0 Å². The molecule has 0 aliphatic carbocycles. The second kappa shape index (κ2) is 12.1. The molecule has 4 heterocycles. The molecule has 0 spiro atoms. The van der Waals surface area contributed by atoms with Crippen LogP contribution in [0.5, 0.6) is 0 Å². The number of fused-ring (bicyclic) bond motifs is 4. The van der Waals surface area contributed by atoms with E-state index in [-0.39, 0.29) is 51.9 Å². The van der Waals surface area contributed by atoms with E-state index in [0.29, 0.717) is 29.0 Å². The highest BCUT2D eigenvalue weighted by Crippen LogP contribution is 2.35. The van der Waals surface area contributed by atoms with Crippen LogP contribution in [0.3, 0.4) is 0 Å². The van der Waals surface area contributed by atoms with E-state index in [4.69, 9.17) is 11.6 Å². The minimum Gasteiger partial charge on any atom is -0.312 e. The number of nitrogens with zero attached hydrogens (tertiary/aromatic N) is 3. The van der Waals surface area contributed by atoms with E-state index in [9.17, 15) is 18.0 Å². The maximum atomic E-state index is 14.8. The lowest BCUT2D eigenvalue weighted by atomic mass is 9.79. The van der Waals surface area contributed by atoms with E-state index in [0.717, 1.165) is 37.2 Å². The van der Waals surface area contributed by atoms with Crippen LogP contribution in [0.1, 0.15) is 45.1 Å². The molecule has 6 atom stereocenters. The zero-order chi connectivity index (χ0) is 27.0. The lowest BCUT2D eigenvalue weighted by Crippen LogP contribution is -2.56. The number of hydrogen-bond donors (Lipinski definition) is 3. The summed E-state index contributed by atoms with van der Waals surface area (Å²) >= 11 is 8.00. The van der Waals surface area contributed by atoms with Gasteiger partial charge in [-0.3, -0.25) is 9.36 Å². The Bertz CT molecular complexity index is 1200. The highest BCUT2D eigenvalue weighted by Gasteiger charge is 2.45. The first kappa shape index (κ1) is 28.3. The van der Waals surface area contributed by atoms with Gasteiger partial charge in [-0.05, 0) is 85.3 Å². The van der Waals surface area contributed by atoms with E-state index in [1.807, 2.05) is 22.6 Å². The first-order valence-corrected chi connectivity index (χ1v) is 14.7. The largest absolute Gasteiger partial charge is 0.312 e. The summed E-state index contributed by atoms with van der Waals surface area (Å²) in [6, 6.07) is 3.88. The summed E-state index contributed by atoms with van der Waals surface area (Å²) < 4.78 is 45.0. The normalized spacial score (nSPS) is 31.0. The average molecular weight is 665 g/mol. The Morgan fingerprint density at radius 1 is 1.16 bits per heavy atom. The Kier molecular flexibility index (Phi) is 9.00. The van der Waals surface area contributed by atoms with Crippen LogP contribution in [-0.4, -0.2) is 58.9 Å². The molecule has 1 aromatic carbocycles. The SMILES string of the molecule is C[C@@H]1CCC[C@H](n2cnc(-c3c(I)ccc(Cl)c3F)cc2=O)C2CC(CCN2)C2C(CNN2C(F)F)NC1. The fourth-order valence-electron chi connectivity index (χ4n) is 6.38. The molecule has 3 aliphatic heterocycles. The standard InChI is InChI=1S/C26H33ClF3IN6O/c1-14-3-2-4-21(36-13-34-19(10-22(36)38)23-17(31)6-5-16(27)24(23)28)18-9-15(7-8-32-18)25-20(33-11-14)12-35-37(25)26(29)30/h5-6,10,13-15,18,20-21,25-26,32-33,35H,2-4,7-9,11-12H2,1H3/t14-,15?,18?,20?,21+,25?/m1/s1. The molecule has 0 radical (unpaired) electrons. The topological polar surface area (TPSA) is 74.2 Å². The number of piperidine rings is 1. The molecule has 12 heteroatoms. The predicted octanol–water partition coefficient (Wildman–Crippen LogP) is 4.41. The van der Waals surface area contributed by atoms with Gasteiger partial charge in [-0.2, -0.15) is 13.8 Å². The van der Waals surface area contributed by atoms with Crippen molar-refractivity contribution in [3.05, 3.63) is 49.3 Å². The minimum atomic E-state index is -2.59. The zero-order valence-corrected chi connectivity index (χ0v) is 24.1. The molecular formula is C26H33ClF3IN6O. The van der Waals surface area contributed by atoms with Gasteiger partial charge in [0.25, 0.3) is 5.56 Å². The van der Waals surface area contributed by atoms with Crippen molar-refractivity contribution in [3.8, 4) is 11.3 Å². The van der Waals surface area contributed by atoms with Crippen LogP contribution in [0, 0.1) is 21.2 Å². The molecule has 0 saturated carbocycles. The van der Waals surface area contributed by atoms with Crippen molar-refractivity contribution < 1.29 is 13.2 Å². The van der Waals surface area contributed by atoms with Crippen molar-refractivity contribution >= 4 is 34.2 Å². The molecule has 2 aromatic rings. The van der Waals surface area contributed by atoms with Gasteiger partial charge in [0.15, 0.2) is 5.82 Å². The first-order chi connectivity index (χ1) is 18.2. The maximum Gasteiger partial charge on any atom is 0.307 e. The molecule has 3 saturated heterocycles. The lowest BCUT2D eigenvalue weighted by Gasteiger charge is -2.42. The average Bonchev–Trinajstić information content (AvgIpc) is 3.32. The maximum absolute atomic E-state index is 14.8. The molecule has 5 rings (SSSR count). The van der Waals surface area contributed by atoms with Gasteiger partial charge in [0.1, 0.15) is 0 Å². The van der Waals surface area contributed by atoms with Crippen molar-refractivity contribution in [3.63, 3.8) is 0 Å². The second-order valence-electron chi connectivity index (χ2n) is 10.7. The Morgan fingerprint density at radius 2 is 1.97 bits per heavy atom. The van der Waals surface area contributed by atoms with Gasteiger partial charge in [-0.25, -0.2) is 14.8 Å². The third-order valence-electron chi connectivity index (χ3n) is 8.28. The summed E-state index contributed by atoms with van der Waals surface area (Å²) in [6.45, 7) is 1.51. The van der Waals surface area contributed by atoms with Crippen LogP contribution in [0.2, 0.25) is 5.02 Å². The lowest BCUT2D eigenvalue weighted by molar-refractivity contribution is -0.0841. The molecule has 4 unspecified atom stereocenters. The number of hydrogen-bond acceptors (Lipinski definition) is 6. The highest BCUT2D eigenvalue weighted by atomic mass is 127. The Hall–Kier alpha value is -1.25. The second-order valence-corrected chi connectivity index (χ2v) is 12.3. The number of rotatable bonds is 3. The van der Waals surface area contributed by atoms with Crippen LogP contribution < -0.4 is 21.6 Å². The number of nitrogens with one attached hydrogen (secondary N) is 3. The van der Waals surface area contributed by atoms with Gasteiger partial charge >= 0.3 is 6.55 Å². The molecule has 38 heavy (non-hydrogen) atoms. The third kappa shape index (κ3) is 5.78. The van der Waals surface area contributed by atoms with Crippen molar-refractivity contribution in [1.29, 1.82) is 0 Å². The number of aromatic nitrogens is 2. The summed E-state index contributed by atoms with van der Waals surface area (Å²) in [7, 11) is 0. The van der Waals surface area contributed by atoms with Crippen molar-refractivity contribution in [2.24, 2.45) is 11.8 Å². The molecule has 2 bridgehead atoms. The van der Waals surface area contributed by atoms with Crippen molar-refractivity contribution in [2.45, 2.75) is 69.7 Å². The molecule has 3 N–H and O–H groups in total. The minimum absolute atomic E-state index is 0.0238. The van der Waals surface area contributed by atoms with Gasteiger partial charge in [-0.15, -0.1) is 0 Å². The zero-order valence-electron chi connectivity index (χ0n) is 21.1. The Morgan fingerprint density at radius 3 is 2.74 bits per heavy atom. The number of alkyl halides is 2. The van der Waals surface area contributed by atoms with Gasteiger partial charge in [0, 0.05) is 34.3 Å². The summed E-state index contributed by atoms with van der Waals surface area (Å²) in [4.78, 5) is 17.9. The van der Waals surface area contributed by atoms with Gasteiger partial charge in [0.05, 0.1) is 28.6 Å². The van der Waals surface area contributed by atoms with Gasteiger partial charge < -0.3 is 10.6 Å². The van der Waals surface area contributed by atoms with E-state index in [2.05, 4.69) is 28.0 Å². The Labute approximate surface area is 239 Å². The molecule has 3 fully saturated rings. The monoisotopic (exact) mass is 664 g/mol. The summed E-state index contributed by atoms with van der Waals surface area (Å²) in [6.07, 6.45) is 5.58. The summed E-state index contributed by atoms with van der Waals surface area (Å²) in [5, 5.41) is 8.23. The van der Waals surface area contributed by atoms with Crippen molar-refractivity contribution in [1.82, 2.24) is 30.6 Å². The van der Waals surface area contributed by atoms with E-state index in [1.54, 1.807) is 10.6 Å². The quantitative estimate of drug-likeness (QED) is 0.257. The first-order valence-electron chi connectivity index (χ1n) is 13.2. The van der Waals surface area contributed by atoms with Crippen LogP contribution >= 0.6 is 34.2 Å². The molecular weight excluding hydrogens is 632 g/mol. The Balaban J connectivity index is 1.48. The predicted molar refractivity (Wildman–Crippen MR) is 150 cm³/mol. The van der Waals surface area contributed by atoms with Crippen LogP contribution in [0.15, 0.2) is 29.3 Å². The summed E-state index contributed by atoms with van der Waals surface area (Å²) in [5.74, 6) is -0.198. The number of hydrazine groups is 1. The van der Waals surface area contributed by atoms with E-state index in [1.165, 1.54) is 18.5 Å². The molecule has 0 amide bonds. The molecule has 208 valence electrons. The number of halogens is 5. The fourth-order valence-corrected chi connectivity index (χ4v) is 7.23. The molecule has 7 nitrogen and oxygen atoms in total. The van der Waals surface area contributed by atoms with Gasteiger partial charge in [-0.1, -0.05) is 24.9 Å². The van der Waals surface area contributed by atoms with Crippen molar-refractivity contribution in [2.75, 3.05) is 19.6 Å². The van der Waals surface area contributed by atoms with E-state index >= 15 is 0 Å². The molecule has 3 aliphatic rings. The van der Waals surface area contributed by atoms with E-state index < -0.39 is 12.4 Å². The fraction of sp³-hybridized carbons (Fsp3) is 0.615.